The van der Waals surface area contributed by atoms with E-state index in [-0.39, 0.29) is 5.91 Å². The van der Waals surface area contributed by atoms with Crippen LogP contribution >= 0.6 is 27.5 Å². The summed E-state index contributed by atoms with van der Waals surface area (Å²) < 4.78 is 3.87. The second-order valence-electron chi connectivity index (χ2n) is 3.85. The summed E-state index contributed by atoms with van der Waals surface area (Å²) >= 11 is 4.68. The SMILES string of the molecule is CCc1nnsc1C(=O)N1CCCC1CBr. The molecule has 1 aliphatic rings. The first-order valence-corrected chi connectivity index (χ1v) is 7.35. The van der Waals surface area contributed by atoms with Crippen molar-refractivity contribution >= 4 is 33.4 Å². The molecule has 0 aromatic carbocycles. The van der Waals surface area contributed by atoms with E-state index in [0.29, 0.717) is 6.04 Å². The molecule has 1 atom stereocenters. The molecule has 0 bridgehead atoms. The number of carbonyl (C=O) groups is 1. The fraction of sp³-hybridized carbons (Fsp3) is 0.700. The Morgan fingerprint density at radius 1 is 1.69 bits per heavy atom. The first kappa shape index (κ1) is 12.0. The molecule has 16 heavy (non-hydrogen) atoms. The van der Waals surface area contributed by atoms with Crippen LogP contribution in [0.2, 0.25) is 0 Å². The number of nitrogens with zero attached hydrogens (tertiary/aromatic N) is 3. The van der Waals surface area contributed by atoms with Crippen LogP contribution in [-0.4, -0.2) is 38.3 Å². The molecule has 0 saturated carbocycles. The van der Waals surface area contributed by atoms with Crippen LogP contribution in [0.15, 0.2) is 0 Å². The number of aromatic nitrogens is 2. The van der Waals surface area contributed by atoms with Gasteiger partial charge in [0.2, 0.25) is 0 Å². The number of carbonyl (C=O) groups excluding carboxylic acids is 1. The molecule has 0 aliphatic carbocycles. The normalized spacial score (nSPS) is 20.4. The third kappa shape index (κ3) is 2.13. The topological polar surface area (TPSA) is 46.1 Å². The minimum absolute atomic E-state index is 0.105. The highest BCUT2D eigenvalue weighted by Gasteiger charge is 2.30. The number of hydrogen-bond donors (Lipinski definition) is 0. The highest BCUT2D eigenvalue weighted by molar-refractivity contribution is 9.09. The second-order valence-corrected chi connectivity index (χ2v) is 5.25. The van der Waals surface area contributed by atoms with E-state index >= 15 is 0 Å². The van der Waals surface area contributed by atoms with Crippen LogP contribution in [0, 0.1) is 0 Å². The number of alkyl halides is 1. The Labute approximate surface area is 107 Å². The molecule has 1 amide bonds. The Balaban J connectivity index is 2.18. The van der Waals surface area contributed by atoms with E-state index in [9.17, 15) is 4.79 Å². The van der Waals surface area contributed by atoms with Gasteiger partial charge in [0.05, 0.1) is 5.69 Å². The van der Waals surface area contributed by atoms with Crippen molar-refractivity contribution < 1.29 is 4.79 Å². The van der Waals surface area contributed by atoms with Gasteiger partial charge in [-0.15, -0.1) is 5.10 Å². The van der Waals surface area contributed by atoms with Crippen LogP contribution in [0.3, 0.4) is 0 Å². The van der Waals surface area contributed by atoms with Crippen molar-refractivity contribution in [3.63, 3.8) is 0 Å². The van der Waals surface area contributed by atoms with E-state index in [0.717, 1.165) is 41.7 Å². The number of halogens is 1. The summed E-state index contributed by atoms with van der Waals surface area (Å²) in [7, 11) is 0. The Hall–Kier alpha value is -0.490. The standard InChI is InChI=1S/C10H14BrN3OS/c1-2-8-9(16-13-12-8)10(15)14-5-3-4-7(14)6-11/h7H,2-6H2,1H3. The average molecular weight is 304 g/mol. The van der Waals surface area contributed by atoms with Crippen molar-refractivity contribution in [2.75, 3.05) is 11.9 Å². The Morgan fingerprint density at radius 3 is 3.19 bits per heavy atom. The maximum Gasteiger partial charge on any atom is 0.267 e. The molecular formula is C10H14BrN3OS. The predicted molar refractivity (Wildman–Crippen MR) is 67.1 cm³/mol. The molecule has 1 aliphatic heterocycles. The van der Waals surface area contributed by atoms with E-state index in [1.54, 1.807) is 0 Å². The van der Waals surface area contributed by atoms with Gasteiger partial charge in [-0.2, -0.15) is 0 Å². The van der Waals surface area contributed by atoms with Crippen molar-refractivity contribution in [2.24, 2.45) is 0 Å². The van der Waals surface area contributed by atoms with Gasteiger partial charge in [-0.1, -0.05) is 27.3 Å². The minimum Gasteiger partial charge on any atom is -0.334 e. The minimum atomic E-state index is 0.105. The fourth-order valence-corrected chi connectivity index (χ4v) is 3.38. The van der Waals surface area contributed by atoms with Gasteiger partial charge in [-0.05, 0) is 30.8 Å². The van der Waals surface area contributed by atoms with Gasteiger partial charge in [0, 0.05) is 17.9 Å². The highest BCUT2D eigenvalue weighted by atomic mass is 79.9. The molecule has 2 heterocycles. The number of aryl methyl sites for hydroxylation is 1. The third-order valence-electron chi connectivity index (χ3n) is 2.90. The molecule has 1 aromatic heterocycles. The molecule has 2 rings (SSSR count). The lowest BCUT2D eigenvalue weighted by Gasteiger charge is -2.22. The van der Waals surface area contributed by atoms with Crippen LogP contribution in [0.25, 0.3) is 0 Å². The van der Waals surface area contributed by atoms with Gasteiger partial charge >= 0.3 is 0 Å². The zero-order valence-corrected chi connectivity index (χ0v) is 11.6. The third-order valence-corrected chi connectivity index (χ3v) is 4.40. The van der Waals surface area contributed by atoms with E-state index in [1.807, 2.05) is 11.8 Å². The molecule has 0 N–H and O–H groups in total. The van der Waals surface area contributed by atoms with Gasteiger partial charge in [0.15, 0.2) is 0 Å². The smallest absolute Gasteiger partial charge is 0.267 e. The zero-order valence-electron chi connectivity index (χ0n) is 9.15. The lowest BCUT2D eigenvalue weighted by Crippen LogP contribution is -2.36. The summed E-state index contributed by atoms with van der Waals surface area (Å²) in [5.41, 5.74) is 0.829. The van der Waals surface area contributed by atoms with Gasteiger partial charge in [0.1, 0.15) is 4.88 Å². The Morgan fingerprint density at radius 2 is 2.50 bits per heavy atom. The lowest BCUT2D eigenvalue weighted by molar-refractivity contribution is 0.0754. The molecule has 4 nitrogen and oxygen atoms in total. The van der Waals surface area contributed by atoms with Crippen molar-refractivity contribution in [3.8, 4) is 0 Å². The molecule has 0 spiro atoms. The molecule has 1 unspecified atom stereocenters. The first-order valence-electron chi connectivity index (χ1n) is 5.46. The van der Waals surface area contributed by atoms with Crippen molar-refractivity contribution in [1.82, 2.24) is 14.5 Å². The van der Waals surface area contributed by atoms with Gasteiger partial charge < -0.3 is 4.90 Å². The average Bonchev–Trinajstić information content (AvgIpc) is 2.96. The molecule has 1 saturated heterocycles. The Kier molecular flexibility index (Phi) is 3.91. The zero-order chi connectivity index (χ0) is 11.5. The second kappa shape index (κ2) is 5.23. The van der Waals surface area contributed by atoms with Crippen LogP contribution in [-0.2, 0) is 6.42 Å². The molecule has 0 radical (unpaired) electrons. The van der Waals surface area contributed by atoms with Crippen LogP contribution in [0.4, 0.5) is 0 Å². The number of rotatable bonds is 3. The van der Waals surface area contributed by atoms with E-state index < -0.39 is 0 Å². The van der Waals surface area contributed by atoms with E-state index in [4.69, 9.17) is 0 Å². The van der Waals surface area contributed by atoms with Crippen LogP contribution in [0.5, 0.6) is 0 Å². The summed E-state index contributed by atoms with van der Waals surface area (Å²) in [5.74, 6) is 0.105. The maximum atomic E-state index is 12.3. The van der Waals surface area contributed by atoms with Gasteiger partial charge in [-0.3, -0.25) is 4.79 Å². The highest BCUT2D eigenvalue weighted by Crippen LogP contribution is 2.23. The summed E-state index contributed by atoms with van der Waals surface area (Å²) in [6.45, 7) is 2.86. The first-order chi connectivity index (χ1) is 7.77. The maximum absolute atomic E-state index is 12.3. The van der Waals surface area contributed by atoms with Gasteiger partial charge in [-0.25, -0.2) is 0 Å². The predicted octanol–water partition coefficient (Wildman–Crippen LogP) is 2.10. The number of amides is 1. The van der Waals surface area contributed by atoms with Crippen LogP contribution < -0.4 is 0 Å². The Bertz CT molecular complexity index is 382. The molecule has 1 fully saturated rings. The molecule has 6 heteroatoms. The summed E-state index contributed by atoms with van der Waals surface area (Å²) in [4.78, 5) is 15.0. The largest absolute Gasteiger partial charge is 0.334 e. The van der Waals surface area contributed by atoms with Crippen molar-refractivity contribution in [1.29, 1.82) is 0 Å². The van der Waals surface area contributed by atoms with E-state index in [1.165, 1.54) is 11.5 Å². The van der Waals surface area contributed by atoms with Crippen molar-refractivity contribution in [2.45, 2.75) is 32.2 Å². The summed E-state index contributed by atoms with van der Waals surface area (Å²) in [6, 6.07) is 0.333. The molecule has 1 aromatic rings. The van der Waals surface area contributed by atoms with Crippen molar-refractivity contribution in [3.05, 3.63) is 10.6 Å². The summed E-state index contributed by atoms with van der Waals surface area (Å²) in [6.07, 6.45) is 2.95. The monoisotopic (exact) mass is 303 g/mol. The number of hydrogen-bond acceptors (Lipinski definition) is 4. The molecular weight excluding hydrogens is 290 g/mol. The van der Waals surface area contributed by atoms with E-state index in [2.05, 4.69) is 25.5 Å². The van der Waals surface area contributed by atoms with Crippen LogP contribution in [0.1, 0.15) is 35.1 Å². The fourth-order valence-electron chi connectivity index (χ4n) is 2.00. The number of likely N-dealkylation sites (tertiary alicyclic amines) is 1. The van der Waals surface area contributed by atoms with Gasteiger partial charge in [0.25, 0.3) is 5.91 Å². The molecule has 88 valence electrons. The lowest BCUT2D eigenvalue weighted by atomic mass is 10.2. The quantitative estimate of drug-likeness (QED) is 0.803. The summed E-state index contributed by atoms with van der Waals surface area (Å²) in [5, 5.41) is 4.84.